The van der Waals surface area contributed by atoms with Crippen molar-refractivity contribution in [1.82, 2.24) is 10.3 Å². The molecule has 0 saturated heterocycles. The number of halogens is 1. The molecule has 1 aromatic carbocycles. The summed E-state index contributed by atoms with van der Waals surface area (Å²) >= 11 is 5.93. The molecule has 1 aromatic heterocycles. The van der Waals surface area contributed by atoms with Gasteiger partial charge in [-0.05, 0) is 29.8 Å². The molecule has 2 rings (SSSR count). The van der Waals surface area contributed by atoms with Crippen LogP contribution in [0.4, 0.5) is 5.69 Å². The predicted octanol–water partition coefficient (Wildman–Crippen LogP) is 2.47. The van der Waals surface area contributed by atoms with Crippen molar-refractivity contribution in [1.29, 1.82) is 0 Å². The van der Waals surface area contributed by atoms with Crippen molar-refractivity contribution in [2.24, 2.45) is 0 Å². The summed E-state index contributed by atoms with van der Waals surface area (Å²) in [5.74, 6) is 0.514. The molecule has 0 aliphatic heterocycles. The summed E-state index contributed by atoms with van der Waals surface area (Å²) in [7, 11) is 1.57. The standard InChI is InChI=1S/C15H16ClN3O2/c1-21-14-5-4-12(16)7-13(14)18-10-15(20)19-9-11-3-2-6-17-8-11/h2-8,18H,9-10H2,1H3,(H,19,20). The molecular weight excluding hydrogens is 290 g/mol. The van der Waals surface area contributed by atoms with E-state index in [2.05, 4.69) is 15.6 Å². The Morgan fingerprint density at radius 1 is 1.38 bits per heavy atom. The molecule has 0 radical (unpaired) electrons. The molecule has 0 bridgehead atoms. The van der Waals surface area contributed by atoms with E-state index in [1.807, 2.05) is 12.1 Å². The summed E-state index contributed by atoms with van der Waals surface area (Å²) in [4.78, 5) is 15.8. The molecule has 0 unspecified atom stereocenters. The smallest absolute Gasteiger partial charge is 0.239 e. The second kappa shape index (κ2) is 7.50. The van der Waals surface area contributed by atoms with E-state index in [1.165, 1.54) is 0 Å². The largest absolute Gasteiger partial charge is 0.495 e. The van der Waals surface area contributed by atoms with Crippen molar-refractivity contribution in [2.75, 3.05) is 19.0 Å². The normalized spacial score (nSPS) is 10.0. The third-order valence-electron chi connectivity index (χ3n) is 2.81. The lowest BCUT2D eigenvalue weighted by molar-refractivity contribution is -0.119. The van der Waals surface area contributed by atoms with Crippen molar-refractivity contribution < 1.29 is 9.53 Å². The molecule has 0 spiro atoms. The zero-order valence-corrected chi connectivity index (χ0v) is 12.4. The van der Waals surface area contributed by atoms with Gasteiger partial charge in [-0.15, -0.1) is 0 Å². The van der Waals surface area contributed by atoms with Crippen LogP contribution < -0.4 is 15.4 Å². The van der Waals surface area contributed by atoms with Crippen LogP contribution >= 0.6 is 11.6 Å². The van der Waals surface area contributed by atoms with Gasteiger partial charge in [0.2, 0.25) is 5.91 Å². The first-order chi connectivity index (χ1) is 10.2. The quantitative estimate of drug-likeness (QED) is 0.860. The van der Waals surface area contributed by atoms with Crippen LogP contribution in [0.5, 0.6) is 5.75 Å². The third-order valence-corrected chi connectivity index (χ3v) is 3.05. The highest BCUT2D eigenvalue weighted by Crippen LogP contribution is 2.27. The van der Waals surface area contributed by atoms with Crippen molar-refractivity contribution in [3.8, 4) is 5.75 Å². The molecule has 1 heterocycles. The van der Waals surface area contributed by atoms with Gasteiger partial charge in [-0.2, -0.15) is 0 Å². The number of anilines is 1. The second-order valence-corrected chi connectivity index (χ2v) is 4.77. The van der Waals surface area contributed by atoms with Gasteiger partial charge in [0.25, 0.3) is 0 Å². The van der Waals surface area contributed by atoms with Gasteiger partial charge in [0.05, 0.1) is 19.3 Å². The highest BCUT2D eigenvalue weighted by molar-refractivity contribution is 6.30. The maximum absolute atomic E-state index is 11.8. The molecule has 1 amide bonds. The number of hydrogen-bond donors (Lipinski definition) is 2. The molecule has 6 heteroatoms. The number of nitrogens with zero attached hydrogens (tertiary/aromatic N) is 1. The fourth-order valence-corrected chi connectivity index (χ4v) is 1.93. The topological polar surface area (TPSA) is 63.2 Å². The van der Waals surface area contributed by atoms with Gasteiger partial charge in [-0.1, -0.05) is 17.7 Å². The van der Waals surface area contributed by atoms with E-state index in [4.69, 9.17) is 16.3 Å². The highest BCUT2D eigenvalue weighted by Gasteiger charge is 2.06. The number of pyridine rings is 1. The lowest BCUT2D eigenvalue weighted by Crippen LogP contribution is -2.29. The zero-order chi connectivity index (χ0) is 15.1. The van der Waals surface area contributed by atoms with Gasteiger partial charge in [0.15, 0.2) is 0 Å². The molecule has 21 heavy (non-hydrogen) atoms. The number of amides is 1. The lowest BCUT2D eigenvalue weighted by Gasteiger charge is -2.11. The minimum atomic E-state index is -0.124. The summed E-state index contributed by atoms with van der Waals surface area (Å²) in [5.41, 5.74) is 1.63. The first kappa shape index (κ1) is 15.1. The Kier molecular flexibility index (Phi) is 5.40. The molecule has 0 aliphatic carbocycles. The molecule has 0 saturated carbocycles. The minimum Gasteiger partial charge on any atom is -0.495 e. The second-order valence-electron chi connectivity index (χ2n) is 4.34. The molecule has 110 valence electrons. The summed E-state index contributed by atoms with van der Waals surface area (Å²) < 4.78 is 5.20. The van der Waals surface area contributed by atoms with E-state index in [0.29, 0.717) is 23.0 Å². The number of hydrogen-bond acceptors (Lipinski definition) is 4. The van der Waals surface area contributed by atoms with Crippen LogP contribution in [0, 0.1) is 0 Å². The van der Waals surface area contributed by atoms with Gasteiger partial charge in [0.1, 0.15) is 5.75 Å². The molecule has 0 fully saturated rings. The van der Waals surface area contributed by atoms with Crippen LogP contribution in [0.2, 0.25) is 5.02 Å². The zero-order valence-electron chi connectivity index (χ0n) is 11.6. The maximum Gasteiger partial charge on any atom is 0.239 e. The van der Waals surface area contributed by atoms with Crippen LogP contribution in [-0.2, 0) is 11.3 Å². The predicted molar refractivity (Wildman–Crippen MR) is 82.6 cm³/mol. The van der Waals surface area contributed by atoms with E-state index in [1.54, 1.807) is 37.7 Å². The number of carbonyl (C=O) groups is 1. The first-order valence-electron chi connectivity index (χ1n) is 6.42. The molecule has 0 atom stereocenters. The highest BCUT2D eigenvalue weighted by atomic mass is 35.5. The lowest BCUT2D eigenvalue weighted by atomic mass is 10.3. The average Bonchev–Trinajstić information content (AvgIpc) is 2.52. The van der Waals surface area contributed by atoms with Crippen LogP contribution in [0.3, 0.4) is 0 Å². The Hall–Kier alpha value is -2.27. The van der Waals surface area contributed by atoms with E-state index >= 15 is 0 Å². The number of nitrogens with one attached hydrogen (secondary N) is 2. The van der Waals surface area contributed by atoms with Crippen LogP contribution in [0.25, 0.3) is 0 Å². The van der Waals surface area contributed by atoms with Gasteiger partial charge in [0, 0.05) is 24.0 Å². The Labute approximate surface area is 128 Å². The summed E-state index contributed by atoms with van der Waals surface area (Å²) in [6.07, 6.45) is 3.41. The average molecular weight is 306 g/mol. The van der Waals surface area contributed by atoms with Crippen molar-refractivity contribution in [3.63, 3.8) is 0 Å². The third kappa shape index (κ3) is 4.65. The van der Waals surface area contributed by atoms with Crippen LogP contribution in [-0.4, -0.2) is 24.5 Å². The number of aromatic nitrogens is 1. The molecule has 0 aliphatic rings. The number of benzene rings is 1. The van der Waals surface area contributed by atoms with E-state index in [-0.39, 0.29) is 12.5 Å². The first-order valence-corrected chi connectivity index (χ1v) is 6.80. The van der Waals surface area contributed by atoms with Crippen molar-refractivity contribution in [3.05, 3.63) is 53.3 Å². The van der Waals surface area contributed by atoms with Gasteiger partial charge in [-0.25, -0.2) is 0 Å². The van der Waals surface area contributed by atoms with Crippen molar-refractivity contribution in [2.45, 2.75) is 6.54 Å². The van der Waals surface area contributed by atoms with Crippen LogP contribution in [0.1, 0.15) is 5.56 Å². The molecule has 2 aromatic rings. The maximum atomic E-state index is 11.8. The SMILES string of the molecule is COc1ccc(Cl)cc1NCC(=O)NCc1cccnc1. The van der Waals surface area contributed by atoms with Gasteiger partial charge < -0.3 is 15.4 Å². The van der Waals surface area contributed by atoms with E-state index < -0.39 is 0 Å². The van der Waals surface area contributed by atoms with E-state index in [0.717, 1.165) is 5.56 Å². The summed E-state index contributed by atoms with van der Waals surface area (Å²) in [6, 6.07) is 8.93. The fourth-order valence-electron chi connectivity index (χ4n) is 1.76. The summed E-state index contributed by atoms with van der Waals surface area (Å²) in [5, 5.41) is 6.39. The van der Waals surface area contributed by atoms with Crippen LogP contribution in [0.15, 0.2) is 42.7 Å². The van der Waals surface area contributed by atoms with Gasteiger partial charge in [-0.3, -0.25) is 9.78 Å². The Balaban J connectivity index is 1.85. The molecule has 5 nitrogen and oxygen atoms in total. The van der Waals surface area contributed by atoms with Crippen molar-refractivity contribution >= 4 is 23.2 Å². The number of carbonyl (C=O) groups excluding carboxylic acids is 1. The fraction of sp³-hybridized carbons (Fsp3) is 0.200. The Morgan fingerprint density at radius 3 is 2.95 bits per heavy atom. The molecular formula is C15H16ClN3O2. The minimum absolute atomic E-state index is 0.124. The number of rotatable bonds is 6. The Bertz CT molecular complexity index is 605. The van der Waals surface area contributed by atoms with E-state index in [9.17, 15) is 4.79 Å². The van der Waals surface area contributed by atoms with Gasteiger partial charge >= 0.3 is 0 Å². The number of methoxy groups -OCH3 is 1. The molecule has 2 N–H and O–H groups in total. The summed E-state index contributed by atoms with van der Waals surface area (Å²) in [6.45, 7) is 0.581. The monoisotopic (exact) mass is 305 g/mol. The Morgan fingerprint density at radius 2 is 2.24 bits per heavy atom. The number of ether oxygens (including phenoxy) is 1.